The van der Waals surface area contributed by atoms with Crippen molar-refractivity contribution in [3.05, 3.63) is 63.1 Å². The number of benzene rings is 2. The van der Waals surface area contributed by atoms with E-state index in [9.17, 15) is 4.79 Å². The lowest BCUT2D eigenvalue weighted by Crippen LogP contribution is -2.01. The molecule has 0 saturated heterocycles. The third-order valence-corrected chi connectivity index (χ3v) is 3.73. The minimum atomic E-state index is -0.0636. The Morgan fingerprint density at radius 1 is 1.17 bits per heavy atom. The van der Waals surface area contributed by atoms with E-state index in [1.165, 1.54) is 0 Å². The Morgan fingerprint density at radius 2 is 1.89 bits per heavy atom. The van der Waals surface area contributed by atoms with E-state index in [2.05, 4.69) is 15.9 Å². The summed E-state index contributed by atoms with van der Waals surface area (Å²) in [6.07, 6.45) is 0. The van der Waals surface area contributed by atoms with Crippen molar-refractivity contribution >= 4 is 33.3 Å². The van der Waals surface area contributed by atoms with Gasteiger partial charge in [-0.15, -0.1) is 0 Å². The highest BCUT2D eigenvalue weighted by molar-refractivity contribution is 9.10. The smallest absolute Gasteiger partial charge is 0.193 e. The second-order valence-electron chi connectivity index (χ2n) is 3.69. The van der Waals surface area contributed by atoms with Gasteiger partial charge in [-0.25, -0.2) is 0 Å². The number of ketones is 1. The van der Waals surface area contributed by atoms with Gasteiger partial charge in [0.25, 0.3) is 0 Å². The highest BCUT2D eigenvalue weighted by Gasteiger charge is 2.11. The largest absolute Gasteiger partial charge is 0.497 e. The van der Waals surface area contributed by atoms with Gasteiger partial charge >= 0.3 is 0 Å². The first-order valence-corrected chi connectivity index (χ1v) is 6.42. The number of ether oxygens (including phenoxy) is 1. The molecule has 0 aliphatic rings. The van der Waals surface area contributed by atoms with Crippen LogP contribution in [0.15, 0.2) is 46.9 Å². The third-order valence-electron chi connectivity index (χ3n) is 2.51. The molecule has 92 valence electrons. The highest BCUT2D eigenvalue weighted by atomic mass is 79.9. The Morgan fingerprint density at radius 3 is 2.56 bits per heavy atom. The van der Waals surface area contributed by atoms with Crippen LogP contribution in [0.1, 0.15) is 15.9 Å². The molecule has 4 heteroatoms. The molecule has 0 bridgehead atoms. The topological polar surface area (TPSA) is 26.3 Å². The van der Waals surface area contributed by atoms with Gasteiger partial charge in [0.05, 0.1) is 12.1 Å². The second kappa shape index (κ2) is 5.55. The fourth-order valence-corrected chi connectivity index (χ4v) is 2.06. The molecule has 0 N–H and O–H groups in total. The predicted octanol–water partition coefficient (Wildman–Crippen LogP) is 4.34. The lowest BCUT2D eigenvalue weighted by atomic mass is 10.0. The monoisotopic (exact) mass is 324 g/mol. The van der Waals surface area contributed by atoms with Crippen LogP contribution in [0.5, 0.6) is 5.75 Å². The Bertz CT molecular complexity index is 596. The number of carbonyl (C=O) groups excluding carboxylic acids is 1. The van der Waals surface area contributed by atoms with E-state index in [0.717, 1.165) is 0 Å². The van der Waals surface area contributed by atoms with Gasteiger partial charge in [-0.3, -0.25) is 4.79 Å². The van der Waals surface area contributed by atoms with Crippen molar-refractivity contribution in [2.24, 2.45) is 0 Å². The number of halogens is 2. The van der Waals surface area contributed by atoms with Crippen LogP contribution in [0, 0.1) is 0 Å². The lowest BCUT2D eigenvalue weighted by molar-refractivity contribution is 0.103. The van der Waals surface area contributed by atoms with Crippen LogP contribution >= 0.6 is 27.5 Å². The molecule has 0 aromatic heterocycles. The third kappa shape index (κ3) is 2.74. The number of rotatable bonds is 3. The maximum atomic E-state index is 12.3. The minimum absolute atomic E-state index is 0.0636. The van der Waals surface area contributed by atoms with Gasteiger partial charge < -0.3 is 4.74 Å². The first-order valence-electron chi connectivity index (χ1n) is 5.25. The summed E-state index contributed by atoms with van der Waals surface area (Å²) < 4.78 is 5.81. The van der Waals surface area contributed by atoms with E-state index < -0.39 is 0 Å². The van der Waals surface area contributed by atoms with Crippen LogP contribution in [0.25, 0.3) is 0 Å². The molecule has 0 radical (unpaired) electrons. The summed E-state index contributed by atoms with van der Waals surface area (Å²) in [5.74, 6) is 0.597. The highest BCUT2D eigenvalue weighted by Crippen LogP contribution is 2.25. The van der Waals surface area contributed by atoms with Crippen molar-refractivity contribution in [1.82, 2.24) is 0 Å². The zero-order valence-electron chi connectivity index (χ0n) is 9.61. The van der Waals surface area contributed by atoms with Crippen LogP contribution in [0.3, 0.4) is 0 Å². The number of hydrogen-bond donors (Lipinski definition) is 0. The van der Waals surface area contributed by atoms with Crippen LogP contribution in [-0.2, 0) is 0 Å². The molecule has 0 heterocycles. The zero-order chi connectivity index (χ0) is 13.1. The Kier molecular flexibility index (Phi) is 4.04. The molecule has 2 aromatic carbocycles. The number of methoxy groups -OCH3 is 1. The molecule has 2 aromatic rings. The molecule has 18 heavy (non-hydrogen) atoms. The van der Waals surface area contributed by atoms with E-state index in [-0.39, 0.29) is 5.78 Å². The van der Waals surface area contributed by atoms with Crippen molar-refractivity contribution in [2.45, 2.75) is 0 Å². The maximum Gasteiger partial charge on any atom is 0.193 e. The summed E-state index contributed by atoms with van der Waals surface area (Å²) in [5.41, 5.74) is 1.17. The molecular formula is C14H10BrClO2. The molecule has 0 aliphatic carbocycles. The van der Waals surface area contributed by atoms with Gasteiger partial charge in [-0.2, -0.15) is 0 Å². The average Bonchev–Trinajstić information content (AvgIpc) is 2.41. The van der Waals surface area contributed by atoms with Gasteiger partial charge in [0.1, 0.15) is 5.75 Å². The van der Waals surface area contributed by atoms with E-state index in [1.54, 1.807) is 49.6 Å². The Hall–Kier alpha value is -1.32. The van der Waals surface area contributed by atoms with Crippen LogP contribution in [0.4, 0.5) is 0 Å². The van der Waals surface area contributed by atoms with Gasteiger partial charge in [0.15, 0.2) is 5.78 Å². The number of hydrogen-bond acceptors (Lipinski definition) is 2. The SMILES string of the molecule is COc1cccc(C(=O)c2ccc(Cl)c(Br)c2)c1. The predicted molar refractivity (Wildman–Crippen MR) is 75.6 cm³/mol. The molecule has 0 aliphatic heterocycles. The first-order chi connectivity index (χ1) is 8.61. The van der Waals surface area contributed by atoms with Gasteiger partial charge in [0, 0.05) is 15.6 Å². The molecule has 0 saturated carbocycles. The lowest BCUT2D eigenvalue weighted by Gasteiger charge is -2.05. The summed E-state index contributed by atoms with van der Waals surface area (Å²) >= 11 is 9.21. The van der Waals surface area contributed by atoms with Crippen molar-refractivity contribution in [3.63, 3.8) is 0 Å². The normalized spacial score (nSPS) is 10.2. The number of carbonyl (C=O) groups is 1. The fourth-order valence-electron chi connectivity index (χ4n) is 1.57. The van der Waals surface area contributed by atoms with Crippen molar-refractivity contribution < 1.29 is 9.53 Å². The summed E-state index contributed by atoms with van der Waals surface area (Å²) in [6, 6.07) is 12.2. The van der Waals surface area contributed by atoms with E-state index in [0.29, 0.717) is 26.4 Å². The van der Waals surface area contributed by atoms with Crippen LogP contribution in [-0.4, -0.2) is 12.9 Å². The molecule has 0 amide bonds. The summed E-state index contributed by atoms with van der Waals surface area (Å²) in [7, 11) is 1.57. The maximum absolute atomic E-state index is 12.3. The zero-order valence-corrected chi connectivity index (χ0v) is 12.0. The van der Waals surface area contributed by atoms with Gasteiger partial charge in [-0.05, 0) is 46.3 Å². The fraction of sp³-hybridized carbons (Fsp3) is 0.0714. The molecule has 2 nitrogen and oxygen atoms in total. The summed E-state index contributed by atoms with van der Waals surface area (Å²) in [4.78, 5) is 12.3. The van der Waals surface area contributed by atoms with Crippen LogP contribution < -0.4 is 4.74 Å². The Balaban J connectivity index is 2.38. The second-order valence-corrected chi connectivity index (χ2v) is 4.95. The van der Waals surface area contributed by atoms with E-state index in [4.69, 9.17) is 16.3 Å². The standard InChI is InChI=1S/C14H10BrClO2/c1-18-11-4-2-3-9(7-11)14(17)10-5-6-13(16)12(15)8-10/h2-8H,1H3. The molecule has 0 fully saturated rings. The molecule has 0 atom stereocenters. The first kappa shape index (κ1) is 13.1. The van der Waals surface area contributed by atoms with E-state index >= 15 is 0 Å². The average molecular weight is 326 g/mol. The Labute approximate surface area is 119 Å². The van der Waals surface area contributed by atoms with Crippen molar-refractivity contribution in [1.29, 1.82) is 0 Å². The molecule has 0 unspecified atom stereocenters. The van der Waals surface area contributed by atoms with Crippen molar-refractivity contribution in [3.8, 4) is 5.75 Å². The molecule has 2 rings (SSSR count). The summed E-state index contributed by atoms with van der Waals surface area (Å²) in [5, 5.41) is 0.581. The van der Waals surface area contributed by atoms with E-state index in [1.807, 2.05) is 0 Å². The summed E-state index contributed by atoms with van der Waals surface area (Å²) in [6.45, 7) is 0. The molecular weight excluding hydrogens is 316 g/mol. The van der Waals surface area contributed by atoms with Crippen molar-refractivity contribution in [2.75, 3.05) is 7.11 Å². The quantitative estimate of drug-likeness (QED) is 0.785. The minimum Gasteiger partial charge on any atom is -0.497 e. The van der Waals surface area contributed by atoms with Crippen LogP contribution in [0.2, 0.25) is 5.02 Å². The van der Waals surface area contributed by atoms with Gasteiger partial charge in [-0.1, -0.05) is 23.7 Å². The molecule has 0 spiro atoms. The van der Waals surface area contributed by atoms with Gasteiger partial charge in [0.2, 0.25) is 0 Å².